The van der Waals surface area contributed by atoms with E-state index in [1.165, 1.54) is 12.1 Å². The Morgan fingerprint density at radius 1 is 1.14 bits per heavy atom. The second-order valence-electron chi connectivity index (χ2n) is 7.30. The Morgan fingerprint density at radius 3 is 2.45 bits per heavy atom. The second-order valence-corrected chi connectivity index (χ2v) is 7.71. The number of hydrogen-bond acceptors (Lipinski definition) is 3. The number of carbonyl (C=O) groups is 2. The van der Waals surface area contributed by atoms with Crippen molar-refractivity contribution in [1.82, 2.24) is 10.2 Å². The normalized spacial score (nSPS) is 16.2. The van der Waals surface area contributed by atoms with Gasteiger partial charge >= 0.3 is 0 Å². The molecule has 1 aliphatic heterocycles. The summed E-state index contributed by atoms with van der Waals surface area (Å²) in [5, 5.41) is 6.29. The van der Waals surface area contributed by atoms with E-state index in [1.54, 1.807) is 24.3 Å². The van der Waals surface area contributed by atoms with Crippen molar-refractivity contribution in [2.75, 3.05) is 18.4 Å². The van der Waals surface area contributed by atoms with Crippen LogP contribution >= 0.6 is 11.6 Å². The number of benzene rings is 2. The molecule has 1 fully saturated rings. The average molecular weight is 418 g/mol. The lowest BCUT2D eigenvalue weighted by Crippen LogP contribution is -2.48. The number of amides is 2. The van der Waals surface area contributed by atoms with Crippen LogP contribution in [0.1, 0.15) is 25.3 Å². The van der Waals surface area contributed by atoms with Crippen molar-refractivity contribution < 1.29 is 14.0 Å². The molecule has 154 valence electrons. The van der Waals surface area contributed by atoms with Gasteiger partial charge in [0.15, 0.2) is 0 Å². The summed E-state index contributed by atoms with van der Waals surface area (Å²) in [6.07, 6.45) is 1.39. The first kappa shape index (κ1) is 21.3. The highest BCUT2D eigenvalue weighted by molar-refractivity contribution is 6.33. The van der Waals surface area contributed by atoms with Gasteiger partial charge in [0.1, 0.15) is 5.82 Å². The van der Waals surface area contributed by atoms with Gasteiger partial charge in [0.2, 0.25) is 11.8 Å². The van der Waals surface area contributed by atoms with Gasteiger partial charge in [-0.3, -0.25) is 14.5 Å². The Hall–Kier alpha value is -2.44. The number of nitrogens with one attached hydrogen (secondary N) is 2. The Bertz CT molecular complexity index is 851. The predicted molar refractivity (Wildman–Crippen MR) is 112 cm³/mol. The van der Waals surface area contributed by atoms with E-state index < -0.39 is 0 Å². The topological polar surface area (TPSA) is 61.4 Å². The molecule has 1 aliphatic rings. The molecular formula is C22H25ClFN3O2. The lowest BCUT2D eigenvalue weighted by atomic mass is 9.94. The van der Waals surface area contributed by atoms with Crippen molar-refractivity contribution in [2.45, 2.75) is 32.4 Å². The zero-order chi connectivity index (χ0) is 20.8. The smallest absolute Gasteiger partial charge is 0.241 e. The maximum atomic E-state index is 12.9. The van der Waals surface area contributed by atoms with Crippen molar-refractivity contribution in [1.29, 1.82) is 0 Å². The largest absolute Gasteiger partial charge is 0.352 e. The second kappa shape index (κ2) is 9.85. The minimum atomic E-state index is -0.311. The standard InChI is InChI=1S/C22H25ClFN3O2/c1-15(21(28)26-20-5-3-2-4-19(20)23)27-12-10-17(11-13-27)22(29)25-14-16-6-8-18(24)9-7-16/h2-9,15,17H,10-14H2,1H3,(H,25,29)(H,26,28). The minimum absolute atomic E-state index is 0.00199. The molecule has 0 bridgehead atoms. The molecule has 7 heteroatoms. The number of carbonyl (C=O) groups excluding carboxylic acids is 2. The number of halogens is 2. The van der Waals surface area contributed by atoms with E-state index in [4.69, 9.17) is 11.6 Å². The molecule has 3 rings (SSSR count). The van der Waals surface area contributed by atoms with Crippen LogP contribution in [0.3, 0.4) is 0 Å². The molecule has 29 heavy (non-hydrogen) atoms. The van der Waals surface area contributed by atoms with Gasteiger partial charge in [0, 0.05) is 12.5 Å². The fraction of sp³-hybridized carbons (Fsp3) is 0.364. The third-order valence-electron chi connectivity index (χ3n) is 5.34. The van der Waals surface area contributed by atoms with Crippen molar-refractivity contribution in [3.05, 3.63) is 64.9 Å². The van der Waals surface area contributed by atoms with Gasteiger partial charge in [0.05, 0.1) is 16.8 Å². The number of hydrogen-bond donors (Lipinski definition) is 2. The van der Waals surface area contributed by atoms with E-state index in [2.05, 4.69) is 15.5 Å². The highest BCUT2D eigenvalue weighted by Crippen LogP contribution is 2.23. The SMILES string of the molecule is CC(C(=O)Nc1ccccc1Cl)N1CCC(C(=O)NCc2ccc(F)cc2)CC1. The zero-order valence-corrected chi connectivity index (χ0v) is 17.1. The van der Waals surface area contributed by atoms with Crippen LogP contribution in [0.5, 0.6) is 0 Å². The molecule has 5 nitrogen and oxygen atoms in total. The van der Waals surface area contributed by atoms with Gasteiger partial charge in [-0.15, -0.1) is 0 Å². The molecule has 0 aromatic heterocycles. The highest BCUT2D eigenvalue weighted by atomic mass is 35.5. The summed E-state index contributed by atoms with van der Waals surface area (Å²) in [5.74, 6) is -0.481. The number of likely N-dealkylation sites (tertiary alicyclic amines) is 1. The minimum Gasteiger partial charge on any atom is -0.352 e. The lowest BCUT2D eigenvalue weighted by Gasteiger charge is -2.34. The number of piperidine rings is 1. The molecule has 1 saturated heterocycles. The Kier molecular flexibility index (Phi) is 7.23. The summed E-state index contributed by atoms with van der Waals surface area (Å²) in [4.78, 5) is 27.1. The molecule has 1 atom stereocenters. The molecule has 2 N–H and O–H groups in total. The summed E-state index contributed by atoms with van der Waals surface area (Å²) in [6, 6.07) is 12.9. The quantitative estimate of drug-likeness (QED) is 0.750. The van der Waals surface area contributed by atoms with Crippen molar-refractivity contribution in [3.63, 3.8) is 0 Å². The van der Waals surface area contributed by atoms with Crippen LogP contribution in [-0.2, 0) is 16.1 Å². The maximum absolute atomic E-state index is 12.9. The van der Waals surface area contributed by atoms with E-state index in [-0.39, 0.29) is 29.6 Å². The van der Waals surface area contributed by atoms with Gasteiger partial charge in [0.25, 0.3) is 0 Å². The lowest BCUT2D eigenvalue weighted by molar-refractivity contribution is -0.127. The van der Waals surface area contributed by atoms with E-state index in [9.17, 15) is 14.0 Å². The first-order chi connectivity index (χ1) is 13.9. The Balaban J connectivity index is 1.45. The zero-order valence-electron chi connectivity index (χ0n) is 16.3. The predicted octanol–water partition coefficient (Wildman–Crippen LogP) is 3.83. The molecule has 2 aromatic carbocycles. The van der Waals surface area contributed by atoms with E-state index >= 15 is 0 Å². The molecule has 0 spiro atoms. The summed E-state index contributed by atoms with van der Waals surface area (Å²) in [6.45, 7) is 3.59. The fourth-order valence-corrected chi connectivity index (χ4v) is 3.63. The first-order valence-corrected chi connectivity index (χ1v) is 10.1. The van der Waals surface area contributed by atoms with Crippen LogP contribution in [0.15, 0.2) is 48.5 Å². The van der Waals surface area contributed by atoms with Gasteiger partial charge in [-0.25, -0.2) is 4.39 Å². The van der Waals surface area contributed by atoms with Crippen molar-refractivity contribution in [3.8, 4) is 0 Å². The van der Waals surface area contributed by atoms with E-state index in [0.29, 0.717) is 43.2 Å². The Morgan fingerprint density at radius 2 is 1.79 bits per heavy atom. The molecule has 0 radical (unpaired) electrons. The van der Waals surface area contributed by atoms with Crippen LogP contribution in [0.4, 0.5) is 10.1 Å². The molecule has 1 unspecified atom stereocenters. The van der Waals surface area contributed by atoms with Crippen LogP contribution in [0, 0.1) is 11.7 Å². The fourth-order valence-electron chi connectivity index (χ4n) is 3.45. The Labute approximate surface area is 175 Å². The molecule has 2 amide bonds. The van der Waals surface area contributed by atoms with Crippen molar-refractivity contribution >= 4 is 29.1 Å². The summed E-state index contributed by atoms with van der Waals surface area (Å²) >= 11 is 6.10. The molecule has 0 saturated carbocycles. The highest BCUT2D eigenvalue weighted by Gasteiger charge is 2.29. The first-order valence-electron chi connectivity index (χ1n) is 9.75. The van der Waals surface area contributed by atoms with E-state index in [0.717, 1.165) is 5.56 Å². The van der Waals surface area contributed by atoms with Crippen LogP contribution < -0.4 is 10.6 Å². The number of nitrogens with zero attached hydrogens (tertiary/aromatic N) is 1. The number of para-hydroxylation sites is 1. The number of anilines is 1. The van der Waals surface area contributed by atoms with Crippen LogP contribution in [0.2, 0.25) is 5.02 Å². The van der Waals surface area contributed by atoms with Crippen LogP contribution in [-0.4, -0.2) is 35.8 Å². The molecular weight excluding hydrogens is 393 g/mol. The third-order valence-corrected chi connectivity index (χ3v) is 5.67. The van der Waals surface area contributed by atoms with Crippen molar-refractivity contribution in [2.24, 2.45) is 5.92 Å². The number of rotatable bonds is 6. The molecule has 0 aliphatic carbocycles. The van der Waals surface area contributed by atoms with Gasteiger partial charge in [-0.2, -0.15) is 0 Å². The summed E-state index contributed by atoms with van der Waals surface area (Å²) < 4.78 is 12.9. The third kappa shape index (κ3) is 5.78. The summed E-state index contributed by atoms with van der Waals surface area (Å²) in [5.41, 5.74) is 1.46. The monoisotopic (exact) mass is 417 g/mol. The van der Waals surface area contributed by atoms with Gasteiger partial charge < -0.3 is 10.6 Å². The van der Waals surface area contributed by atoms with Gasteiger partial charge in [-0.05, 0) is 62.7 Å². The van der Waals surface area contributed by atoms with Gasteiger partial charge in [-0.1, -0.05) is 35.9 Å². The maximum Gasteiger partial charge on any atom is 0.241 e. The molecule has 1 heterocycles. The summed E-state index contributed by atoms with van der Waals surface area (Å²) in [7, 11) is 0. The van der Waals surface area contributed by atoms with E-state index in [1.807, 2.05) is 19.1 Å². The molecule has 2 aromatic rings. The average Bonchev–Trinajstić information content (AvgIpc) is 2.74. The van der Waals surface area contributed by atoms with Crippen LogP contribution in [0.25, 0.3) is 0 Å².